The fraction of sp³-hybridized carbons (Fsp3) is 0.643. The first kappa shape index (κ1) is 14.1. The van der Waals surface area contributed by atoms with Crippen LogP contribution in [0, 0.1) is 11.8 Å². The number of hydrogen-bond donors (Lipinski definition) is 1. The van der Waals surface area contributed by atoms with Crippen LogP contribution in [-0.4, -0.2) is 59.8 Å². The van der Waals surface area contributed by atoms with Crippen molar-refractivity contribution in [2.24, 2.45) is 11.8 Å². The van der Waals surface area contributed by atoms with E-state index < -0.39 is 42.0 Å². The number of ether oxygens (including phenoxy) is 2. The standard InChI is InChI=1S/C14H17NO6/c1-20-14(19)7-3-2-6-15(7)12(16)10-8-4-5-9(21-8)11(10)13(17)18/h4-5,7-11H,2-3,6H2,1H3,(H,17,18)/t7-,8+,9-,10+,11-/m0/s1. The highest BCUT2D eigenvalue weighted by molar-refractivity contribution is 5.91. The van der Waals surface area contributed by atoms with E-state index in [0.29, 0.717) is 19.4 Å². The molecule has 2 fully saturated rings. The van der Waals surface area contributed by atoms with Crippen molar-refractivity contribution in [3.8, 4) is 0 Å². The number of likely N-dealkylation sites (tertiary alicyclic amines) is 1. The van der Waals surface area contributed by atoms with E-state index in [1.54, 1.807) is 12.2 Å². The van der Waals surface area contributed by atoms with Crippen LogP contribution in [0.4, 0.5) is 0 Å². The number of carbonyl (C=O) groups excluding carboxylic acids is 2. The van der Waals surface area contributed by atoms with E-state index >= 15 is 0 Å². The van der Waals surface area contributed by atoms with Crippen molar-refractivity contribution in [2.45, 2.75) is 31.1 Å². The minimum Gasteiger partial charge on any atom is -0.481 e. The number of amides is 1. The van der Waals surface area contributed by atoms with Crippen LogP contribution in [-0.2, 0) is 23.9 Å². The predicted molar refractivity (Wildman–Crippen MR) is 69.2 cm³/mol. The second-order valence-electron chi connectivity index (χ2n) is 5.55. The summed E-state index contributed by atoms with van der Waals surface area (Å²) in [6, 6.07) is -0.611. The first-order valence-electron chi connectivity index (χ1n) is 6.99. The van der Waals surface area contributed by atoms with Gasteiger partial charge in [-0.2, -0.15) is 0 Å². The molecule has 3 aliphatic heterocycles. The third-order valence-electron chi connectivity index (χ3n) is 4.48. The van der Waals surface area contributed by atoms with Crippen molar-refractivity contribution < 1.29 is 29.0 Å². The maximum atomic E-state index is 12.7. The number of carbonyl (C=O) groups is 3. The summed E-state index contributed by atoms with van der Waals surface area (Å²) in [7, 11) is 1.28. The molecular formula is C14H17NO6. The fourth-order valence-corrected chi connectivity index (χ4v) is 3.50. The Hall–Kier alpha value is -1.89. The molecule has 0 spiro atoms. The number of hydrogen-bond acceptors (Lipinski definition) is 5. The van der Waals surface area contributed by atoms with Gasteiger partial charge < -0.3 is 19.5 Å². The van der Waals surface area contributed by atoms with Crippen molar-refractivity contribution in [1.29, 1.82) is 0 Å². The zero-order chi connectivity index (χ0) is 15.1. The maximum Gasteiger partial charge on any atom is 0.328 e. The molecule has 3 heterocycles. The Labute approximate surface area is 121 Å². The maximum absolute atomic E-state index is 12.7. The highest BCUT2D eigenvalue weighted by Crippen LogP contribution is 2.41. The zero-order valence-electron chi connectivity index (χ0n) is 11.6. The second-order valence-corrected chi connectivity index (χ2v) is 5.55. The number of aliphatic carboxylic acids is 1. The summed E-state index contributed by atoms with van der Waals surface area (Å²) in [5.74, 6) is -3.47. The molecule has 0 saturated carbocycles. The minimum absolute atomic E-state index is 0.327. The molecule has 5 atom stereocenters. The van der Waals surface area contributed by atoms with Gasteiger partial charge in [-0.25, -0.2) is 4.79 Å². The van der Waals surface area contributed by atoms with E-state index in [2.05, 4.69) is 0 Å². The van der Waals surface area contributed by atoms with Crippen molar-refractivity contribution in [3.05, 3.63) is 12.2 Å². The summed E-state index contributed by atoms with van der Waals surface area (Å²) in [6.45, 7) is 0.447. The van der Waals surface area contributed by atoms with Crippen molar-refractivity contribution >= 4 is 17.8 Å². The lowest BCUT2D eigenvalue weighted by Crippen LogP contribution is -2.48. The van der Waals surface area contributed by atoms with Gasteiger partial charge in [-0.1, -0.05) is 12.2 Å². The van der Waals surface area contributed by atoms with Gasteiger partial charge in [-0.05, 0) is 12.8 Å². The molecular weight excluding hydrogens is 278 g/mol. The van der Waals surface area contributed by atoms with Crippen LogP contribution < -0.4 is 0 Å². The zero-order valence-corrected chi connectivity index (χ0v) is 11.6. The van der Waals surface area contributed by atoms with E-state index in [0.717, 1.165) is 0 Å². The van der Waals surface area contributed by atoms with Crippen LogP contribution in [0.5, 0.6) is 0 Å². The van der Waals surface area contributed by atoms with Gasteiger partial charge >= 0.3 is 11.9 Å². The molecule has 7 heteroatoms. The summed E-state index contributed by atoms with van der Waals surface area (Å²) < 4.78 is 10.2. The summed E-state index contributed by atoms with van der Waals surface area (Å²) in [5.41, 5.74) is 0. The lowest BCUT2D eigenvalue weighted by molar-refractivity contribution is -0.155. The number of nitrogens with zero attached hydrogens (tertiary/aromatic N) is 1. The molecule has 0 aliphatic carbocycles. The number of carboxylic acids is 1. The van der Waals surface area contributed by atoms with Gasteiger partial charge in [0.15, 0.2) is 0 Å². The Morgan fingerprint density at radius 1 is 1.24 bits per heavy atom. The van der Waals surface area contributed by atoms with Crippen LogP contribution in [0.15, 0.2) is 12.2 Å². The molecule has 0 aromatic carbocycles. The highest BCUT2D eigenvalue weighted by atomic mass is 16.5. The first-order chi connectivity index (χ1) is 10.0. The summed E-state index contributed by atoms with van der Waals surface area (Å²) in [5, 5.41) is 9.34. The van der Waals surface area contributed by atoms with Crippen molar-refractivity contribution in [1.82, 2.24) is 4.90 Å². The quantitative estimate of drug-likeness (QED) is 0.573. The topological polar surface area (TPSA) is 93.1 Å². The lowest BCUT2D eigenvalue weighted by Gasteiger charge is -2.29. The van der Waals surface area contributed by atoms with Gasteiger partial charge in [0.25, 0.3) is 0 Å². The SMILES string of the molecule is COC(=O)[C@@H]1CCCN1C(=O)[C@H]1[C@@H](C(=O)O)[C@@H]2C=C[C@H]1O2. The van der Waals surface area contributed by atoms with Crippen molar-refractivity contribution in [3.63, 3.8) is 0 Å². The van der Waals surface area contributed by atoms with E-state index in [9.17, 15) is 19.5 Å². The largest absolute Gasteiger partial charge is 0.481 e. The Morgan fingerprint density at radius 3 is 2.52 bits per heavy atom. The van der Waals surface area contributed by atoms with Gasteiger partial charge in [0.05, 0.1) is 25.2 Å². The van der Waals surface area contributed by atoms with E-state index in [1.807, 2.05) is 0 Å². The Bertz CT molecular complexity index is 516. The number of rotatable bonds is 3. The smallest absolute Gasteiger partial charge is 0.328 e. The second kappa shape index (κ2) is 5.14. The van der Waals surface area contributed by atoms with Gasteiger partial charge in [-0.15, -0.1) is 0 Å². The van der Waals surface area contributed by atoms with Crippen LogP contribution >= 0.6 is 0 Å². The Balaban J connectivity index is 1.83. The van der Waals surface area contributed by atoms with Gasteiger partial charge in [0.2, 0.25) is 5.91 Å². The van der Waals surface area contributed by atoms with E-state index in [4.69, 9.17) is 9.47 Å². The number of carboxylic acid groups (broad SMARTS) is 1. The number of esters is 1. The lowest BCUT2D eigenvalue weighted by atomic mass is 9.82. The average Bonchev–Trinajstić information content (AvgIpc) is 3.18. The summed E-state index contributed by atoms with van der Waals surface area (Å²) in [6.07, 6.45) is 3.61. The monoisotopic (exact) mass is 295 g/mol. The van der Waals surface area contributed by atoms with Crippen LogP contribution in [0.25, 0.3) is 0 Å². The normalized spacial score (nSPS) is 37.0. The number of methoxy groups -OCH3 is 1. The molecule has 21 heavy (non-hydrogen) atoms. The molecule has 7 nitrogen and oxygen atoms in total. The fourth-order valence-electron chi connectivity index (χ4n) is 3.50. The van der Waals surface area contributed by atoms with Gasteiger partial charge in [-0.3, -0.25) is 9.59 Å². The third-order valence-corrected chi connectivity index (χ3v) is 4.48. The third kappa shape index (κ3) is 2.12. The molecule has 3 aliphatic rings. The molecule has 1 amide bonds. The van der Waals surface area contributed by atoms with Crippen LogP contribution in [0.1, 0.15) is 12.8 Å². The van der Waals surface area contributed by atoms with Crippen LogP contribution in [0.3, 0.4) is 0 Å². The van der Waals surface area contributed by atoms with Crippen LogP contribution in [0.2, 0.25) is 0 Å². The van der Waals surface area contributed by atoms with Gasteiger partial charge in [0, 0.05) is 6.54 Å². The minimum atomic E-state index is -1.04. The van der Waals surface area contributed by atoms with E-state index in [1.165, 1.54) is 12.0 Å². The molecule has 2 saturated heterocycles. The summed E-state index contributed by atoms with van der Waals surface area (Å²) >= 11 is 0. The molecule has 0 radical (unpaired) electrons. The molecule has 0 aromatic rings. The Kier molecular flexibility index (Phi) is 3.44. The summed E-state index contributed by atoms with van der Waals surface area (Å²) in [4.78, 5) is 37.3. The number of fused-ring (bicyclic) bond motifs is 2. The predicted octanol–water partition coefficient (Wildman–Crippen LogP) is -0.195. The Morgan fingerprint density at radius 2 is 1.90 bits per heavy atom. The van der Waals surface area contributed by atoms with E-state index in [-0.39, 0.29) is 5.91 Å². The molecule has 0 unspecified atom stereocenters. The van der Waals surface area contributed by atoms with Crippen molar-refractivity contribution in [2.75, 3.05) is 13.7 Å². The molecule has 0 aromatic heterocycles. The average molecular weight is 295 g/mol. The molecule has 3 rings (SSSR count). The molecule has 1 N–H and O–H groups in total. The molecule has 2 bridgehead atoms. The highest BCUT2D eigenvalue weighted by Gasteiger charge is 2.55. The molecule has 114 valence electrons. The first-order valence-corrected chi connectivity index (χ1v) is 6.99. The van der Waals surface area contributed by atoms with Gasteiger partial charge in [0.1, 0.15) is 12.0 Å².